The van der Waals surface area contributed by atoms with Crippen LogP contribution in [0, 0.1) is 6.92 Å². The first-order valence-corrected chi connectivity index (χ1v) is 8.63. The predicted molar refractivity (Wildman–Crippen MR) is 85.0 cm³/mol. The molecule has 1 aromatic heterocycles. The van der Waals surface area contributed by atoms with Crippen molar-refractivity contribution in [2.24, 2.45) is 0 Å². The number of carbonyl (C=O) groups is 1. The van der Waals surface area contributed by atoms with Gasteiger partial charge in [0.25, 0.3) is 0 Å². The van der Waals surface area contributed by atoms with Crippen molar-refractivity contribution < 1.29 is 13.5 Å². The van der Waals surface area contributed by atoms with Crippen LogP contribution in [0.25, 0.3) is 0 Å². The van der Waals surface area contributed by atoms with Crippen LogP contribution in [0.2, 0.25) is 0 Å². The third kappa shape index (κ3) is 2.83. The van der Waals surface area contributed by atoms with Gasteiger partial charge < -0.3 is 9.42 Å². The molecule has 2 atom stereocenters. The van der Waals surface area contributed by atoms with E-state index in [2.05, 4.69) is 5.16 Å². The summed E-state index contributed by atoms with van der Waals surface area (Å²) in [6, 6.07) is 9.61. The van der Waals surface area contributed by atoms with Gasteiger partial charge >= 0.3 is 0 Å². The fourth-order valence-electron chi connectivity index (χ4n) is 2.65. The van der Waals surface area contributed by atoms with E-state index in [1.54, 1.807) is 17.9 Å². The molecule has 0 bridgehead atoms. The van der Waals surface area contributed by atoms with Crippen molar-refractivity contribution in [2.45, 2.75) is 31.3 Å². The lowest BCUT2D eigenvalue weighted by Gasteiger charge is -2.21. The van der Waals surface area contributed by atoms with Crippen molar-refractivity contribution in [1.82, 2.24) is 5.16 Å². The highest BCUT2D eigenvalue weighted by Gasteiger charge is 2.31. The number of nitrogens with zero attached hydrogens (tertiary/aromatic N) is 2. The summed E-state index contributed by atoms with van der Waals surface area (Å²) in [7, 11) is -1.33. The molecule has 0 radical (unpaired) electrons. The Hall–Kier alpha value is -1.95. The van der Waals surface area contributed by atoms with Crippen LogP contribution in [-0.4, -0.2) is 27.1 Å². The van der Waals surface area contributed by atoms with Gasteiger partial charge in [0.2, 0.25) is 5.91 Å². The monoisotopic (exact) mass is 318 g/mol. The molecule has 1 aromatic carbocycles. The van der Waals surface area contributed by atoms with Crippen LogP contribution in [-0.2, 0) is 27.8 Å². The minimum atomic E-state index is -1.33. The minimum absolute atomic E-state index is 0.0977. The zero-order valence-electron chi connectivity index (χ0n) is 12.6. The number of fused-ring (bicyclic) bond motifs is 1. The highest BCUT2D eigenvalue weighted by atomic mass is 32.2. The molecule has 3 rings (SSSR count). The maximum atomic E-state index is 12.6. The number of para-hydroxylation sites is 1. The Balaban J connectivity index is 1.71. The van der Waals surface area contributed by atoms with Crippen LogP contribution < -0.4 is 4.90 Å². The largest absolute Gasteiger partial charge is 0.360 e. The fraction of sp³-hybridized carbons (Fsp3) is 0.375. The summed E-state index contributed by atoms with van der Waals surface area (Å²) < 4.78 is 17.5. The Kier molecular flexibility index (Phi) is 4.11. The first-order valence-electron chi connectivity index (χ1n) is 7.25. The van der Waals surface area contributed by atoms with Crippen LogP contribution in [0.3, 0.4) is 0 Å². The summed E-state index contributed by atoms with van der Waals surface area (Å²) in [6.45, 7) is 4.18. The van der Waals surface area contributed by atoms with E-state index in [1.165, 1.54) is 5.56 Å². The highest BCUT2D eigenvalue weighted by Crippen LogP contribution is 2.28. The molecule has 0 saturated heterocycles. The molecule has 1 amide bonds. The quantitative estimate of drug-likeness (QED) is 0.867. The van der Waals surface area contributed by atoms with Crippen LogP contribution in [0.4, 0.5) is 5.69 Å². The van der Waals surface area contributed by atoms with E-state index in [4.69, 9.17) is 4.52 Å². The van der Waals surface area contributed by atoms with E-state index in [9.17, 15) is 9.00 Å². The molecule has 6 heteroatoms. The summed E-state index contributed by atoms with van der Waals surface area (Å²) in [6.07, 6.45) is 0.850. The van der Waals surface area contributed by atoms with E-state index in [1.807, 2.05) is 31.2 Å². The van der Waals surface area contributed by atoms with Crippen LogP contribution >= 0.6 is 0 Å². The summed E-state index contributed by atoms with van der Waals surface area (Å²) in [5.41, 5.74) is 2.85. The molecule has 1 aliphatic rings. The minimum Gasteiger partial charge on any atom is -0.360 e. The summed E-state index contributed by atoms with van der Waals surface area (Å²) in [4.78, 5) is 14.4. The second kappa shape index (κ2) is 6.04. The zero-order chi connectivity index (χ0) is 15.7. The molecule has 0 spiro atoms. The zero-order valence-corrected chi connectivity index (χ0v) is 13.4. The van der Waals surface area contributed by atoms with Gasteiger partial charge in [0.15, 0.2) is 0 Å². The van der Waals surface area contributed by atoms with Crippen LogP contribution in [0.5, 0.6) is 0 Å². The van der Waals surface area contributed by atoms with Crippen molar-refractivity contribution in [3.05, 3.63) is 47.3 Å². The lowest BCUT2D eigenvalue weighted by Crippen LogP contribution is -2.39. The smallest absolute Gasteiger partial charge is 0.242 e. The van der Waals surface area contributed by atoms with Crippen molar-refractivity contribution in [3.8, 4) is 0 Å². The van der Waals surface area contributed by atoms with E-state index < -0.39 is 16.0 Å². The van der Waals surface area contributed by atoms with Gasteiger partial charge in [-0.15, -0.1) is 0 Å². The first-order chi connectivity index (χ1) is 10.6. The van der Waals surface area contributed by atoms with Gasteiger partial charge in [0.1, 0.15) is 11.0 Å². The first kappa shape index (κ1) is 15.0. The molecule has 0 N–H and O–H groups in total. The van der Waals surface area contributed by atoms with Gasteiger partial charge in [-0.25, -0.2) is 0 Å². The lowest BCUT2D eigenvalue weighted by atomic mass is 10.2. The van der Waals surface area contributed by atoms with Gasteiger partial charge in [0, 0.05) is 29.1 Å². The van der Waals surface area contributed by atoms with Crippen molar-refractivity contribution in [1.29, 1.82) is 0 Å². The third-order valence-corrected chi connectivity index (χ3v) is 5.42. The highest BCUT2D eigenvalue weighted by molar-refractivity contribution is 7.85. The maximum absolute atomic E-state index is 12.6. The number of anilines is 1. The molecule has 0 unspecified atom stereocenters. The molecular formula is C16H18N2O3S. The van der Waals surface area contributed by atoms with Gasteiger partial charge in [-0.3, -0.25) is 9.00 Å². The van der Waals surface area contributed by atoms with E-state index in [0.717, 1.165) is 17.8 Å². The van der Waals surface area contributed by atoms with Crippen LogP contribution in [0.15, 0.2) is 34.9 Å². The molecule has 5 nitrogen and oxygen atoms in total. The maximum Gasteiger partial charge on any atom is 0.242 e. The number of hydrogen-bond donors (Lipinski definition) is 0. The van der Waals surface area contributed by atoms with E-state index in [-0.39, 0.29) is 11.7 Å². The molecule has 22 heavy (non-hydrogen) atoms. The second-order valence-corrected chi connectivity index (χ2v) is 7.23. The van der Waals surface area contributed by atoms with Crippen molar-refractivity contribution >= 4 is 22.4 Å². The van der Waals surface area contributed by atoms with E-state index >= 15 is 0 Å². The molecule has 2 aromatic rings. The molecule has 0 aliphatic carbocycles. The molecule has 0 fully saturated rings. The summed E-state index contributed by atoms with van der Waals surface area (Å²) in [5, 5.41) is 3.20. The number of hydrogen-bond acceptors (Lipinski definition) is 4. The van der Waals surface area contributed by atoms with Crippen molar-refractivity contribution in [2.75, 3.05) is 11.4 Å². The second-order valence-electron chi connectivity index (χ2n) is 5.47. The Morgan fingerprint density at radius 1 is 1.45 bits per heavy atom. The van der Waals surface area contributed by atoms with Crippen molar-refractivity contribution in [3.63, 3.8) is 0 Å². The Bertz CT molecular complexity index is 726. The SMILES string of the molecule is Cc1cc(C[S@](=O)[C@H](C)C(=O)N2CCc3ccccc32)on1. The molecule has 0 saturated carbocycles. The Morgan fingerprint density at radius 3 is 2.95 bits per heavy atom. The number of rotatable bonds is 4. The normalized spacial score (nSPS) is 16.4. The standard InChI is InChI=1S/C16H18N2O3S/c1-11-9-14(21-17-11)10-22(20)12(2)16(19)18-8-7-13-5-3-4-6-15(13)18/h3-6,9,12H,7-8,10H2,1-2H3/t12-,22+/m1/s1. The van der Waals surface area contributed by atoms with Crippen LogP contribution in [0.1, 0.15) is 23.9 Å². The van der Waals surface area contributed by atoms with Gasteiger partial charge in [0.05, 0.1) is 11.4 Å². The molecular weight excluding hydrogens is 300 g/mol. The lowest BCUT2D eigenvalue weighted by molar-refractivity contribution is -0.117. The average molecular weight is 318 g/mol. The molecule has 1 aliphatic heterocycles. The van der Waals surface area contributed by atoms with Gasteiger partial charge in [-0.1, -0.05) is 23.4 Å². The number of amides is 1. The predicted octanol–water partition coefficient (Wildman–Crippen LogP) is 2.21. The molecule has 2 heterocycles. The van der Waals surface area contributed by atoms with Gasteiger partial charge in [-0.05, 0) is 31.9 Å². The summed E-state index contributed by atoms with van der Waals surface area (Å²) >= 11 is 0. The number of aromatic nitrogens is 1. The average Bonchev–Trinajstić information content (AvgIpc) is 3.12. The third-order valence-electron chi connectivity index (χ3n) is 3.86. The Morgan fingerprint density at radius 2 is 2.23 bits per heavy atom. The number of carbonyl (C=O) groups excluding carboxylic acids is 1. The number of benzene rings is 1. The van der Waals surface area contributed by atoms with E-state index in [0.29, 0.717) is 12.3 Å². The molecule has 116 valence electrons. The number of aryl methyl sites for hydroxylation is 1. The topological polar surface area (TPSA) is 63.4 Å². The Labute approximate surface area is 131 Å². The summed E-state index contributed by atoms with van der Waals surface area (Å²) in [5.74, 6) is 0.667. The fourth-order valence-corrected chi connectivity index (χ4v) is 3.67. The van der Waals surface area contributed by atoms with Gasteiger partial charge in [-0.2, -0.15) is 0 Å².